The van der Waals surface area contributed by atoms with Crippen molar-refractivity contribution in [2.75, 3.05) is 20.1 Å². The van der Waals surface area contributed by atoms with Crippen LogP contribution in [0.3, 0.4) is 0 Å². The molecular formula is C10H18N2O2S. The van der Waals surface area contributed by atoms with Crippen molar-refractivity contribution in [2.45, 2.75) is 32.2 Å². The highest BCUT2D eigenvalue weighted by atomic mass is 32.2. The molecule has 1 unspecified atom stereocenters. The summed E-state index contributed by atoms with van der Waals surface area (Å²) >= 11 is 0. The summed E-state index contributed by atoms with van der Waals surface area (Å²) < 4.78 is 26.9. The van der Waals surface area contributed by atoms with E-state index < -0.39 is 10.2 Å². The second kappa shape index (κ2) is 4.97. The van der Waals surface area contributed by atoms with Crippen molar-refractivity contribution in [3.05, 3.63) is 0 Å². The highest BCUT2D eigenvalue weighted by Gasteiger charge is 2.32. The molecule has 0 aliphatic carbocycles. The predicted molar refractivity (Wildman–Crippen MR) is 60.4 cm³/mol. The van der Waals surface area contributed by atoms with E-state index in [2.05, 4.69) is 5.92 Å². The van der Waals surface area contributed by atoms with Gasteiger partial charge in [-0.25, -0.2) is 0 Å². The van der Waals surface area contributed by atoms with E-state index in [4.69, 9.17) is 6.42 Å². The molecule has 0 bridgehead atoms. The fourth-order valence-corrected chi connectivity index (χ4v) is 3.32. The van der Waals surface area contributed by atoms with Crippen molar-refractivity contribution in [3.8, 4) is 12.3 Å². The first-order valence-electron chi connectivity index (χ1n) is 5.16. The Morgan fingerprint density at radius 3 is 2.73 bits per heavy atom. The molecule has 1 rings (SSSR count). The van der Waals surface area contributed by atoms with Crippen molar-refractivity contribution in [1.82, 2.24) is 8.61 Å². The van der Waals surface area contributed by atoms with E-state index in [0.717, 1.165) is 19.3 Å². The number of nitrogens with zero attached hydrogens (tertiary/aromatic N) is 2. The van der Waals surface area contributed by atoms with Crippen LogP contribution in [0, 0.1) is 12.3 Å². The van der Waals surface area contributed by atoms with E-state index in [1.54, 1.807) is 4.31 Å². The molecule has 1 aliphatic rings. The molecule has 0 spiro atoms. The van der Waals surface area contributed by atoms with Gasteiger partial charge in [0.05, 0.1) is 6.54 Å². The molecule has 0 radical (unpaired) electrons. The molecule has 0 saturated carbocycles. The van der Waals surface area contributed by atoms with Gasteiger partial charge in [0.25, 0.3) is 10.2 Å². The van der Waals surface area contributed by atoms with E-state index >= 15 is 0 Å². The highest BCUT2D eigenvalue weighted by molar-refractivity contribution is 7.86. The maximum atomic E-state index is 12.0. The summed E-state index contributed by atoms with van der Waals surface area (Å²) in [6, 6.07) is 0.0870. The molecule has 0 aromatic heterocycles. The second-order valence-corrected chi connectivity index (χ2v) is 5.91. The van der Waals surface area contributed by atoms with Gasteiger partial charge in [0, 0.05) is 19.6 Å². The van der Waals surface area contributed by atoms with Crippen LogP contribution >= 0.6 is 0 Å². The maximum Gasteiger partial charge on any atom is 0.282 e. The summed E-state index contributed by atoms with van der Waals surface area (Å²) in [6.07, 6.45) is 8.09. The van der Waals surface area contributed by atoms with Crippen molar-refractivity contribution >= 4 is 10.2 Å². The molecule has 0 aromatic carbocycles. The number of hydrogen-bond donors (Lipinski definition) is 0. The number of terminal acetylenes is 1. The van der Waals surface area contributed by atoms with E-state index in [9.17, 15) is 8.42 Å². The largest absolute Gasteiger partial charge is 0.282 e. The van der Waals surface area contributed by atoms with Gasteiger partial charge in [0.1, 0.15) is 0 Å². The predicted octanol–water partition coefficient (Wildman–Crippen LogP) is 0.671. The van der Waals surface area contributed by atoms with E-state index in [-0.39, 0.29) is 12.6 Å². The summed E-state index contributed by atoms with van der Waals surface area (Å²) in [5.41, 5.74) is 0. The Hall–Kier alpha value is -0.570. The minimum absolute atomic E-state index is 0.0870. The van der Waals surface area contributed by atoms with Crippen LogP contribution in [0.4, 0.5) is 0 Å². The van der Waals surface area contributed by atoms with E-state index in [0.29, 0.717) is 6.54 Å². The lowest BCUT2D eigenvalue weighted by Gasteiger charge is -2.34. The molecule has 4 nitrogen and oxygen atoms in total. The van der Waals surface area contributed by atoms with Crippen LogP contribution in [0.5, 0.6) is 0 Å². The molecule has 1 atom stereocenters. The molecule has 1 fully saturated rings. The van der Waals surface area contributed by atoms with Gasteiger partial charge in [0.2, 0.25) is 0 Å². The molecule has 1 heterocycles. The third kappa shape index (κ3) is 2.71. The molecule has 1 aliphatic heterocycles. The van der Waals surface area contributed by atoms with Gasteiger partial charge in [-0.3, -0.25) is 0 Å². The summed E-state index contributed by atoms with van der Waals surface area (Å²) in [6.45, 7) is 2.68. The van der Waals surface area contributed by atoms with Crippen LogP contribution in [0.15, 0.2) is 0 Å². The van der Waals surface area contributed by atoms with Crippen LogP contribution in [0.25, 0.3) is 0 Å². The van der Waals surface area contributed by atoms with Gasteiger partial charge in [-0.1, -0.05) is 12.3 Å². The van der Waals surface area contributed by atoms with Crippen LogP contribution < -0.4 is 0 Å². The first-order chi connectivity index (χ1) is 7.00. The minimum atomic E-state index is -3.35. The standard InChI is InChI=1S/C10H18N2O2S/c1-4-8-11(3)15(13,14)12-9-6-5-7-10(12)2/h1,10H,5-9H2,2-3H3. The van der Waals surface area contributed by atoms with Crippen molar-refractivity contribution in [1.29, 1.82) is 0 Å². The Morgan fingerprint density at radius 1 is 1.53 bits per heavy atom. The lowest BCUT2D eigenvalue weighted by atomic mass is 10.1. The summed E-state index contributed by atoms with van der Waals surface area (Å²) in [5.74, 6) is 2.35. The minimum Gasteiger partial charge on any atom is -0.195 e. The van der Waals surface area contributed by atoms with Crippen LogP contribution in [0.2, 0.25) is 0 Å². The summed E-state index contributed by atoms with van der Waals surface area (Å²) in [7, 11) is -1.82. The van der Waals surface area contributed by atoms with Crippen LogP contribution in [0.1, 0.15) is 26.2 Å². The Labute approximate surface area is 92.4 Å². The van der Waals surface area contributed by atoms with Gasteiger partial charge in [-0.2, -0.15) is 17.0 Å². The third-order valence-corrected chi connectivity index (χ3v) is 4.80. The van der Waals surface area contributed by atoms with Crippen LogP contribution in [-0.4, -0.2) is 43.2 Å². The average Bonchev–Trinajstić information content (AvgIpc) is 2.18. The number of piperidine rings is 1. The quantitative estimate of drug-likeness (QED) is 0.669. The number of hydrogen-bond acceptors (Lipinski definition) is 2. The van der Waals surface area contributed by atoms with Gasteiger partial charge >= 0.3 is 0 Å². The van der Waals surface area contributed by atoms with Gasteiger partial charge < -0.3 is 0 Å². The number of rotatable bonds is 3. The van der Waals surface area contributed by atoms with Gasteiger partial charge in [-0.15, -0.1) is 6.42 Å². The summed E-state index contributed by atoms with van der Waals surface area (Å²) in [5, 5.41) is 0. The molecule has 0 N–H and O–H groups in total. The zero-order valence-corrected chi connectivity index (χ0v) is 10.1. The monoisotopic (exact) mass is 230 g/mol. The average molecular weight is 230 g/mol. The highest BCUT2D eigenvalue weighted by Crippen LogP contribution is 2.21. The fourth-order valence-electron chi connectivity index (χ4n) is 1.80. The first-order valence-corrected chi connectivity index (χ1v) is 6.56. The molecule has 86 valence electrons. The Bertz CT molecular complexity index is 345. The fraction of sp³-hybridized carbons (Fsp3) is 0.800. The molecular weight excluding hydrogens is 212 g/mol. The molecule has 0 aromatic rings. The van der Waals surface area contributed by atoms with Crippen molar-refractivity contribution in [2.24, 2.45) is 0 Å². The summed E-state index contributed by atoms with van der Waals surface area (Å²) in [4.78, 5) is 0. The SMILES string of the molecule is C#CCN(C)S(=O)(=O)N1CCCCC1C. The third-order valence-electron chi connectivity index (χ3n) is 2.75. The Balaban J connectivity index is 2.80. The van der Waals surface area contributed by atoms with Crippen LogP contribution in [-0.2, 0) is 10.2 Å². The molecule has 5 heteroatoms. The lowest BCUT2D eigenvalue weighted by Crippen LogP contribution is -2.48. The molecule has 15 heavy (non-hydrogen) atoms. The van der Waals surface area contributed by atoms with Gasteiger partial charge in [-0.05, 0) is 19.8 Å². The first kappa shape index (κ1) is 12.5. The topological polar surface area (TPSA) is 40.6 Å². The molecule has 1 saturated heterocycles. The maximum absolute atomic E-state index is 12.0. The Kier molecular flexibility index (Phi) is 4.14. The van der Waals surface area contributed by atoms with Crippen molar-refractivity contribution < 1.29 is 8.42 Å². The zero-order valence-electron chi connectivity index (χ0n) is 9.31. The second-order valence-electron chi connectivity index (χ2n) is 3.92. The smallest absolute Gasteiger partial charge is 0.195 e. The normalized spacial score (nSPS) is 24.0. The van der Waals surface area contributed by atoms with Gasteiger partial charge in [0.15, 0.2) is 0 Å². The Morgan fingerprint density at radius 2 is 2.20 bits per heavy atom. The van der Waals surface area contributed by atoms with Crippen molar-refractivity contribution in [3.63, 3.8) is 0 Å². The lowest BCUT2D eigenvalue weighted by molar-refractivity contribution is 0.253. The molecule has 0 amide bonds. The van der Waals surface area contributed by atoms with E-state index in [1.807, 2.05) is 6.92 Å². The van der Waals surface area contributed by atoms with E-state index in [1.165, 1.54) is 11.4 Å². The zero-order chi connectivity index (χ0) is 11.5.